The van der Waals surface area contributed by atoms with Crippen LogP contribution in [0.15, 0.2) is 27.6 Å². The molecular formula is C12H16BrNO4S. The lowest BCUT2D eigenvalue weighted by Gasteiger charge is -2.23. The Bertz CT molecular complexity index is 541. The van der Waals surface area contributed by atoms with Gasteiger partial charge in [-0.1, -0.05) is 15.9 Å². The summed E-state index contributed by atoms with van der Waals surface area (Å²) in [7, 11) is -3.69. The summed E-state index contributed by atoms with van der Waals surface area (Å²) < 4.78 is 34.5. The van der Waals surface area contributed by atoms with Gasteiger partial charge in [0, 0.05) is 11.1 Å². The second-order valence-corrected chi connectivity index (χ2v) is 6.82. The molecule has 0 aromatic heterocycles. The summed E-state index contributed by atoms with van der Waals surface area (Å²) in [5, 5.41) is 5.11. The molecule has 0 radical (unpaired) electrons. The van der Waals surface area contributed by atoms with E-state index in [1.807, 2.05) is 0 Å². The van der Waals surface area contributed by atoms with Crippen molar-refractivity contribution in [1.29, 1.82) is 0 Å². The molecule has 7 heteroatoms. The molecule has 0 amide bonds. The van der Waals surface area contributed by atoms with E-state index in [4.69, 9.17) is 14.6 Å². The maximum Gasteiger partial charge on any atom is 0.238 e. The highest BCUT2D eigenvalue weighted by molar-refractivity contribution is 9.10. The zero-order chi connectivity index (χ0) is 13.9. The van der Waals surface area contributed by atoms with E-state index in [-0.39, 0.29) is 17.8 Å². The molecule has 1 aromatic rings. The number of halogens is 1. The van der Waals surface area contributed by atoms with Crippen molar-refractivity contribution in [2.45, 2.75) is 37.1 Å². The van der Waals surface area contributed by atoms with E-state index < -0.39 is 10.0 Å². The Kier molecular flexibility index (Phi) is 4.97. The van der Waals surface area contributed by atoms with Crippen LogP contribution in [0.2, 0.25) is 0 Å². The van der Waals surface area contributed by atoms with E-state index in [0.717, 1.165) is 29.3 Å². The Balaban J connectivity index is 2.06. The second-order valence-electron chi connectivity index (χ2n) is 4.41. The van der Waals surface area contributed by atoms with Crippen LogP contribution in [0.25, 0.3) is 0 Å². The van der Waals surface area contributed by atoms with Gasteiger partial charge in [0.1, 0.15) is 0 Å². The SMILES string of the molecule is NS(=O)(=O)c1ccc(Br)c(COC2CCCCO2)c1. The smallest absolute Gasteiger partial charge is 0.238 e. The molecule has 1 atom stereocenters. The van der Waals surface area contributed by atoms with Crippen molar-refractivity contribution in [3.05, 3.63) is 28.2 Å². The molecule has 1 aliphatic rings. The molecule has 1 aromatic carbocycles. The molecule has 0 saturated carbocycles. The Hall–Kier alpha value is -0.470. The molecule has 2 N–H and O–H groups in total. The number of primary sulfonamides is 1. The van der Waals surface area contributed by atoms with Crippen LogP contribution in [-0.2, 0) is 26.1 Å². The van der Waals surface area contributed by atoms with Gasteiger partial charge in [0.2, 0.25) is 10.0 Å². The van der Waals surface area contributed by atoms with Crippen molar-refractivity contribution in [2.24, 2.45) is 5.14 Å². The van der Waals surface area contributed by atoms with Crippen molar-refractivity contribution in [1.82, 2.24) is 0 Å². The number of sulfonamides is 1. The molecular weight excluding hydrogens is 334 g/mol. The summed E-state index contributed by atoms with van der Waals surface area (Å²) in [6, 6.07) is 4.63. The fraction of sp³-hybridized carbons (Fsp3) is 0.500. The molecule has 2 rings (SSSR count). The van der Waals surface area contributed by atoms with Gasteiger partial charge in [0.05, 0.1) is 11.5 Å². The van der Waals surface area contributed by atoms with E-state index >= 15 is 0 Å². The van der Waals surface area contributed by atoms with Gasteiger partial charge in [-0.2, -0.15) is 0 Å². The van der Waals surface area contributed by atoms with E-state index in [9.17, 15) is 8.42 Å². The number of rotatable bonds is 4. The van der Waals surface area contributed by atoms with Crippen molar-refractivity contribution >= 4 is 26.0 Å². The Labute approximate surface area is 121 Å². The molecule has 5 nitrogen and oxygen atoms in total. The lowest BCUT2D eigenvalue weighted by Crippen LogP contribution is -2.22. The number of nitrogens with two attached hydrogens (primary N) is 1. The third kappa shape index (κ3) is 4.25. The van der Waals surface area contributed by atoms with Crippen LogP contribution >= 0.6 is 15.9 Å². The van der Waals surface area contributed by atoms with E-state index in [1.165, 1.54) is 12.1 Å². The first-order chi connectivity index (χ1) is 8.97. The van der Waals surface area contributed by atoms with Crippen molar-refractivity contribution < 1.29 is 17.9 Å². The van der Waals surface area contributed by atoms with Crippen molar-refractivity contribution in [3.8, 4) is 0 Å². The summed E-state index contributed by atoms with van der Waals surface area (Å²) in [6.45, 7) is 0.998. The van der Waals surface area contributed by atoms with Gasteiger partial charge in [0.15, 0.2) is 6.29 Å². The van der Waals surface area contributed by atoms with Gasteiger partial charge >= 0.3 is 0 Å². The van der Waals surface area contributed by atoms with Gasteiger partial charge in [-0.3, -0.25) is 0 Å². The topological polar surface area (TPSA) is 78.6 Å². The molecule has 106 valence electrons. The predicted octanol–water partition coefficient (Wildman–Crippen LogP) is 2.14. The maximum atomic E-state index is 11.3. The Morgan fingerprint density at radius 2 is 2.21 bits per heavy atom. The summed E-state index contributed by atoms with van der Waals surface area (Å²) in [5.41, 5.74) is 0.737. The predicted molar refractivity (Wildman–Crippen MR) is 73.9 cm³/mol. The normalized spacial score (nSPS) is 20.4. The lowest BCUT2D eigenvalue weighted by molar-refractivity contribution is -0.169. The first kappa shape index (κ1) is 14.9. The largest absolute Gasteiger partial charge is 0.353 e. The van der Waals surface area contributed by atoms with Crippen LogP contribution in [0.1, 0.15) is 24.8 Å². The third-order valence-corrected chi connectivity index (χ3v) is 4.59. The Morgan fingerprint density at radius 3 is 2.84 bits per heavy atom. The van der Waals surface area contributed by atoms with Crippen LogP contribution in [0, 0.1) is 0 Å². The second kappa shape index (κ2) is 6.32. The van der Waals surface area contributed by atoms with Gasteiger partial charge in [-0.25, -0.2) is 13.6 Å². The molecule has 0 bridgehead atoms. The number of hydrogen-bond acceptors (Lipinski definition) is 4. The first-order valence-corrected chi connectivity index (χ1v) is 8.35. The van der Waals surface area contributed by atoms with E-state index in [2.05, 4.69) is 15.9 Å². The van der Waals surface area contributed by atoms with Gasteiger partial charge in [0.25, 0.3) is 0 Å². The fourth-order valence-corrected chi connectivity index (χ4v) is 2.79. The number of ether oxygens (including phenoxy) is 2. The monoisotopic (exact) mass is 349 g/mol. The van der Waals surface area contributed by atoms with Crippen LogP contribution in [-0.4, -0.2) is 21.3 Å². The molecule has 1 fully saturated rings. The van der Waals surface area contributed by atoms with Gasteiger partial charge in [-0.15, -0.1) is 0 Å². The summed E-state index contributed by atoms with van der Waals surface area (Å²) in [5.74, 6) is 0. The molecule has 1 aliphatic heterocycles. The highest BCUT2D eigenvalue weighted by Gasteiger charge is 2.16. The molecule has 1 saturated heterocycles. The standard InChI is InChI=1S/C12H16BrNO4S/c13-11-5-4-10(19(14,15)16)7-9(11)8-18-12-3-1-2-6-17-12/h4-5,7,12H,1-3,6,8H2,(H2,14,15,16). The zero-order valence-electron chi connectivity index (χ0n) is 10.3. The third-order valence-electron chi connectivity index (χ3n) is 2.91. The number of benzene rings is 1. The lowest BCUT2D eigenvalue weighted by atomic mass is 10.2. The average Bonchev–Trinajstić information content (AvgIpc) is 2.37. The summed E-state index contributed by atoms with van der Waals surface area (Å²) in [6.07, 6.45) is 2.80. The molecule has 0 aliphatic carbocycles. The Morgan fingerprint density at radius 1 is 1.42 bits per heavy atom. The molecule has 1 heterocycles. The molecule has 1 unspecified atom stereocenters. The first-order valence-electron chi connectivity index (χ1n) is 6.01. The van der Waals surface area contributed by atoms with Gasteiger partial charge < -0.3 is 9.47 Å². The molecule has 0 spiro atoms. The van der Waals surface area contributed by atoms with E-state index in [1.54, 1.807) is 6.07 Å². The average molecular weight is 350 g/mol. The van der Waals surface area contributed by atoms with Crippen molar-refractivity contribution in [3.63, 3.8) is 0 Å². The maximum absolute atomic E-state index is 11.3. The quantitative estimate of drug-likeness (QED) is 0.902. The summed E-state index contributed by atoms with van der Waals surface area (Å²) >= 11 is 3.37. The van der Waals surface area contributed by atoms with Crippen LogP contribution in [0.3, 0.4) is 0 Å². The number of hydrogen-bond donors (Lipinski definition) is 1. The summed E-state index contributed by atoms with van der Waals surface area (Å²) in [4.78, 5) is 0.0823. The van der Waals surface area contributed by atoms with E-state index in [0.29, 0.717) is 6.61 Å². The van der Waals surface area contributed by atoms with Crippen LogP contribution in [0.4, 0.5) is 0 Å². The zero-order valence-corrected chi connectivity index (χ0v) is 12.7. The van der Waals surface area contributed by atoms with Gasteiger partial charge in [-0.05, 0) is 43.0 Å². The highest BCUT2D eigenvalue weighted by Crippen LogP contribution is 2.23. The van der Waals surface area contributed by atoms with Crippen LogP contribution in [0.5, 0.6) is 0 Å². The minimum absolute atomic E-state index is 0.0823. The molecule has 19 heavy (non-hydrogen) atoms. The minimum Gasteiger partial charge on any atom is -0.353 e. The fourth-order valence-electron chi connectivity index (χ4n) is 1.86. The highest BCUT2D eigenvalue weighted by atomic mass is 79.9. The van der Waals surface area contributed by atoms with Crippen molar-refractivity contribution in [2.75, 3.05) is 6.61 Å². The van der Waals surface area contributed by atoms with Crippen LogP contribution < -0.4 is 5.14 Å². The minimum atomic E-state index is -3.69.